The first-order chi connectivity index (χ1) is 9.08. The monoisotopic (exact) mass is 262 g/mol. The van der Waals surface area contributed by atoms with Gasteiger partial charge in [-0.1, -0.05) is 18.9 Å². The van der Waals surface area contributed by atoms with Crippen LogP contribution in [0.15, 0.2) is 24.3 Å². The van der Waals surface area contributed by atoms with Gasteiger partial charge in [0.1, 0.15) is 0 Å². The summed E-state index contributed by atoms with van der Waals surface area (Å²) in [5, 5.41) is 12.0. The Morgan fingerprint density at radius 2 is 2.00 bits per heavy atom. The van der Waals surface area contributed by atoms with Crippen LogP contribution in [-0.2, 0) is 4.79 Å². The van der Waals surface area contributed by atoms with Crippen molar-refractivity contribution in [2.75, 3.05) is 5.73 Å². The molecular weight excluding hydrogens is 244 g/mol. The number of benzene rings is 1. The lowest BCUT2D eigenvalue weighted by Crippen LogP contribution is -2.45. The predicted octanol–water partition coefficient (Wildman–Crippen LogP) is 1.64. The van der Waals surface area contributed by atoms with Crippen LogP contribution in [0.2, 0.25) is 0 Å². The van der Waals surface area contributed by atoms with E-state index < -0.39 is 11.9 Å². The number of aliphatic carboxylic acids is 1. The highest BCUT2D eigenvalue weighted by atomic mass is 16.4. The molecule has 4 N–H and O–H groups in total. The van der Waals surface area contributed by atoms with Crippen molar-refractivity contribution in [2.24, 2.45) is 5.92 Å². The molecule has 0 aliphatic heterocycles. The minimum Gasteiger partial charge on any atom is -0.481 e. The second-order valence-corrected chi connectivity index (χ2v) is 4.93. The van der Waals surface area contributed by atoms with E-state index in [-0.39, 0.29) is 11.9 Å². The largest absolute Gasteiger partial charge is 0.481 e. The summed E-state index contributed by atoms with van der Waals surface area (Å²) in [5.74, 6) is -1.58. The molecule has 1 amide bonds. The second-order valence-electron chi connectivity index (χ2n) is 4.93. The summed E-state index contributed by atoms with van der Waals surface area (Å²) in [5.41, 5.74) is 6.62. The first-order valence-corrected chi connectivity index (χ1v) is 6.47. The van der Waals surface area contributed by atoms with Gasteiger partial charge < -0.3 is 16.2 Å². The molecule has 1 saturated carbocycles. The predicted molar refractivity (Wildman–Crippen MR) is 71.7 cm³/mol. The average molecular weight is 262 g/mol. The fraction of sp³-hybridized carbons (Fsp3) is 0.429. The van der Waals surface area contributed by atoms with E-state index >= 15 is 0 Å². The van der Waals surface area contributed by atoms with Gasteiger partial charge in [-0.3, -0.25) is 9.59 Å². The average Bonchev–Trinajstić information content (AvgIpc) is 2.39. The first-order valence-electron chi connectivity index (χ1n) is 6.47. The van der Waals surface area contributed by atoms with E-state index in [0.717, 1.165) is 12.8 Å². The van der Waals surface area contributed by atoms with Gasteiger partial charge in [-0.05, 0) is 31.0 Å². The van der Waals surface area contributed by atoms with Gasteiger partial charge in [-0.2, -0.15) is 0 Å². The summed E-state index contributed by atoms with van der Waals surface area (Å²) in [6.07, 6.45) is 3.19. The van der Waals surface area contributed by atoms with E-state index in [2.05, 4.69) is 5.32 Å². The summed E-state index contributed by atoms with van der Waals surface area (Å²) in [6, 6.07) is 6.38. The van der Waals surface area contributed by atoms with Crippen molar-refractivity contribution in [3.8, 4) is 0 Å². The minimum atomic E-state index is -0.836. The Morgan fingerprint density at radius 3 is 2.68 bits per heavy atom. The van der Waals surface area contributed by atoms with Gasteiger partial charge in [0, 0.05) is 17.3 Å². The number of nitrogens with two attached hydrogens (primary N) is 1. The van der Waals surface area contributed by atoms with Crippen molar-refractivity contribution in [1.82, 2.24) is 5.32 Å². The number of carbonyl (C=O) groups excluding carboxylic acids is 1. The number of nitrogen functional groups attached to an aromatic ring is 1. The molecule has 102 valence electrons. The maximum absolute atomic E-state index is 12.1. The molecule has 2 atom stereocenters. The summed E-state index contributed by atoms with van der Waals surface area (Å²) in [4.78, 5) is 23.2. The highest BCUT2D eigenvalue weighted by molar-refractivity contribution is 5.95. The van der Waals surface area contributed by atoms with Crippen LogP contribution >= 0.6 is 0 Å². The van der Waals surface area contributed by atoms with Crippen LogP contribution in [0.1, 0.15) is 36.0 Å². The summed E-state index contributed by atoms with van der Waals surface area (Å²) in [7, 11) is 0. The molecule has 0 radical (unpaired) electrons. The van der Waals surface area contributed by atoms with Crippen molar-refractivity contribution in [3.05, 3.63) is 29.8 Å². The zero-order valence-electron chi connectivity index (χ0n) is 10.6. The molecule has 5 nitrogen and oxygen atoms in total. The lowest BCUT2D eigenvalue weighted by atomic mass is 9.84. The lowest BCUT2D eigenvalue weighted by molar-refractivity contribution is -0.143. The van der Waals surface area contributed by atoms with Crippen LogP contribution in [0.5, 0.6) is 0 Å². The normalized spacial score (nSPS) is 22.7. The van der Waals surface area contributed by atoms with Crippen LogP contribution in [0, 0.1) is 5.92 Å². The number of hydrogen-bond donors (Lipinski definition) is 3. The molecule has 2 rings (SSSR count). The molecule has 0 spiro atoms. The molecule has 0 bridgehead atoms. The number of anilines is 1. The summed E-state index contributed by atoms with van der Waals surface area (Å²) >= 11 is 0. The first kappa shape index (κ1) is 13.4. The number of hydrogen-bond acceptors (Lipinski definition) is 3. The van der Waals surface area contributed by atoms with E-state index in [0.29, 0.717) is 24.1 Å². The van der Waals surface area contributed by atoms with E-state index in [9.17, 15) is 9.59 Å². The number of carbonyl (C=O) groups is 2. The van der Waals surface area contributed by atoms with E-state index in [1.54, 1.807) is 24.3 Å². The Balaban J connectivity index is 2.07. The Labute approximate surface area is 111 Å². The molecule has 1 aromatic carbocycles. The Hall–Kier alpha value is -2.04. The SMILES string of the molecule is Nc1cccc(C(=O)NC2CCCCC2C(=O)O)c1. The maximum atomic E-state index is 12.1. The van der Waals surface area contributed by atoms with Crippen molar-refractivity contribution >= 4 is 17.6 Å². The topological polar surface area (TPSA) is 92.4 Å². The van der Waals surface area contributed by atoms with Gasteiger partial charge in [0.25, 0.3) is 5.91 Å². The van der Waals surface area contributed by atoms with Gasteiger partial charge in [0.15, 0.2) is 0 Å². The van der Waals surface area contributed by atoms with Gasteiger partial charge in [-0.25, -0.2) is 0 Å². The third kappa shape index (κ3) is 3.24. The number of nitrogens with one attached hydrogen (secondary N) is 1. The van der Waals surface area contributed by atoms with Gasteiger partial charge in [-0.15, -0.1) is 0 Å². The van der Waals surface area contributed by atoms with Crippen molar-refractivity contribution in [2.45, 2.75) is 31.7 Å². The quantitative estimate of drug-likeness (QED) is 0.722. The van der Waals surface area contributed by atoms with Crippen LogP contribution in [0.4, 0.5) is 5.69 Å². The fourth-order valence-electron chi connectivity index (χ4n) is 2.53. The van der Waals surface area contributed by atoms with Crippen molar-refractivity contribution in [1.29, 1.82) is 0 Å². The Morgan fingerprint density at radius 1 is 1.26 bits per heavy atom. The number of amides is 1. The highest BCUT2D eigenvalue weighted by Gasteiger charge is 2.31. The fourth-order valence-corrected chi connectivity index (χ4v) is 2.53. The molecule has 1 aromatic rings. The zero-order valence-corrected chi connectivity index (χ0v) is 10.6. The maximum Gasteiger partial charge on any atom is 0.308 e. The molecule has 1 fully saturated rings. The molecule has 1 aliphatic carbocycles. The number of carboxylic acid groups (broad SMARTS) is 1. The number of carboxylic acids is 1. The van der Waals surface area contributed by atoms with Crippen LogP contribution in [-0.4, -0.2) is 23.0 Å². The third-order valence-electron chi connectivity index (χ3n) is 3.55. The summed E-state index contributed by atoms with van der Waals surface area (Å²) in [6.45, 7) is 0. The van der Waals surface area contributed by atoms with E-state index in [4.69, 9.17) is 10.8 Å². The Bertz CT molecular complexity index is 487. The molecule has 0 saturated heterocycles. The van der Waals surface area contributed by atoms with Gasteiger partial charge in [0.2, 0.25) is 0 Å². The van der Waals surface area contributed by atoms with Crippen molar-refractivity contribution < 1.29 is 14.7 Å². The van der Waals surface area contributed by atoms with Crippen LogP contribution in [0.3, 0.4) is 0 Å². The molecule has 2 unspecified atom stereocenters. The highest BCUT2D eigenvalue weighted by Crippen LogP contribution is 2.25. The molecule has 0 heterocycles. The zero-order chi connectivity index (χ0) is 13.8. The second kappa shape index (κ2) is 5.73. The molecule has 0 aromatic heterocycles. The van der Waals surface area contributed by atoms with Crippen LogP contribution < -0.4 is 11.1 Å². The lowest BCUT2D eigenvalue weighted by Gasteiger charge is -2.29. The third-order valence-corrected chi connectivity index (χ3v) is 3.55. The van der Waals surface area contributed by atoms with E-state index in [1.165, 1.54) is 0 Å². The smallest absolute Gasteiger partial charge is 0.308 e. The van der Waals surface area contributed by atoms with Gasteiger partial charge in [0.05, 0.1) is 5.92 Å². The number of rotatable bonds is 3. The molecule has 19 heavy (non-hydrogen) atoms. The van der Waals surface area contributed by atoms with Crippen LogP contribution in [0.25, 0.3) is 0 Å². The standard InChI is InChI=1S/C14H18N2O3/c15-10-5-3-4-9(8-10)13(17)16-12-7-2-1-6-11(12)14(18)19/h3-5,8,11-12H,1-2,6-7,15H2,(H,16,17)(H,18,19). The molecule has 5 heteroatoms. The minimum absolute atomic E-state index is 0.259. The summed E-state index contributed by atoms with van der Waals surface area (Å²) < 4.78 is 0. The van der Waals surface area contributed by atoms with E-state index in [1.807, 2.05) is 0 Å². The molecular formula is C14H18N2O3. The molecule has 1 aliphatic rings. The van der Waals surface area contributed by atoms with Gasteiger partial charge >= 0.3 is 5.97 Å². The van der Waals surface area contributed by atoms with Crippen molar-refractivity contribution in [3.63, 3.8) is 0 Å². The Kier molecular flexibility index (Phi) is 4.04.